The summed E-state index contributed by atoms with van der Waals surface area (Å²) in [6.07, 6.45) is 4.27. The van der Waals surface area contributed by atoms with Crippen LogP contribution in [0.1, 0.15) is 31.4 Å². The quantitative estimate of drug-likeness (QED) is 0.884. The molecule has 1 aliphatic carbocycles. The molecule has 1 aliphatic rings. The number of hydrogen-bond donors (Lipinski definition) is 2. The molecule has 6 heteroatoms. The van der Waals surface area contributed by atoms with Gasteiger partial charge in [0.25, 0.3) is 0 Å². The Bertz CT molecular complexity index is 450. The van der Waals surface area contributed by atoms with Crippen LogP contribution in [0.5, 0.6) is 0 Å². The largest absolute Gasteiger partial charge is 0.481 e. The van der Waals surface area contributed by atoms with Crippen molar-refractivity contribution in [2.45, 2.75) is 38.3 Å². The number of rotatable bonds is 4. The molecule has 0 aromatic carbocycles. The lowest BCUT2D eigenvalue weighted by Gasteiger charge is -2.28. The molecule has 2 amide bonds. The van der Waals surface area contributed by atoms with Crippen LogP contribution in [0.25, 0.3) is 0 Å². The molecule has 1 fully saturated rings. The van der Waals surface area contributed by atoms with Gasteiger partial charge in [0.15, 0.2) is 0 Å². The third-order valence-electron chi connectivity index (χ3n) is 3.72. The molecule has 20 heavy (non-hydrogen) atoms. The number of furan rings is 1. The summed E-state index contributed by atoms with van der Waals surface area (Å²) in [5, 5.41) is 11.9. The molecule has 0 radical (unpaired) electrons. The summed E-state index contributed by atoms with van der Waals surface area (Å²) in [4.78, 5) is 24.4. The van der Waals surface area contributed by atoms with Gasteiger partial charge in [-0.05, 0) is 37.8 Å². The molecule has 0 atom stereocenters. The molecule has 0 bridgehead atoms. The van der Waals surface area contributed by atoms with E-state index in [9.17, 15) is 9.59 Å². The molecule has 0 unspecified atom stereocenters. The Balaban J connectivity index is 1.76. The van der Waals surface area contributed by atoms with Crippen LogP contribution in [-0.4, -0.2) is 35.1 Å². The Hall–Kier alpha value is -1.98. The predicted molar refractivity (Wildman–Crippen MR) is 72.1 cm³/mol. The third kappa shape index (κ3) is 3.76. The van der Waals surface area contributed by atoms with E-state index in [0.717, 1.165) is 18.6 Å². The summed E-state index contributed by atoms with van der Waals surface area (Å²) in [5.41, 5.74) is 0. The minimum Gasteiger partial charge on any atom is -0.481 e. The van der Waals surface area contributed by atoms with E-state index in [2.05, 4.69) is 5.32 Å². The van der Waals surface area contributed by atoms with Crippen LogP contribution >= 0.6 is 0 Å². The highest BCUT2D eigenvalue weighted by molar-refractivity contribution is 5.74. The number of carbonyl (C=O) groups excluding carboxylic acids is 1. The van der Waals surface area contributed by atoms with Crippen molar-refractivity contribution >= 4 is 12.0 Å². The normalized spacial score (nSPS) is 22.2. The number of nitrogens with zero attached hydrogens (tertiary/aromatic N) is 1. The van der Waals surface area contributed by atoms with E-state index in [1.165, 1.54) is 0 Å². The average Bonchev–Trinajstić information content (AvgIpc) is 2.92. The highest BCUT2D eigenvalue weighted by atomic mass is 16.4. The van der Waals surface area contributed by atoms with Crippen LogP contribution in [-0.2, 0) is 11.3 Å². The lowest BCUT2D eigenvalue weighted by Crippen LogP contribution is -2.44. The highest BCUT2D eigenvalue weighted by Gasteiger charge is 2.27. The van der Waals surface area contributed by atoms with Crippen LogP contribution in [0, 0.1) is 5.92 Å². The first kappa shape index (κ1) is 14.4. The number of amides is 2. The predicted octanol–water partition coefficient (Wildman–Crippen LogP) is 2.06. The molecule has 1 saturated carbocycles. The maximum atomic E-state index is 12.0. The van der Waals surface area contributed by atoms with Crippen molar-refractivity contribution < 1.29 is 19.1 Å². The second-order valence-corrected chi connectivity index (χ2v) is 5.27. The summed E-state index contributed by atoms with van der Waals surface area (Å²) in [5.74, 6) is -0.258. The number of carbonyl (C=O) groups is 2. The maximum Gasteiger partial charge on any atom is 0.317 e. The molecular weight excluding hydrogens is 260 g/mol. The first-order chi connectivity index (χ1) is 9.56. The van der Waals surface area contributed by atoms with E-state index in [1.54, 1.807) is 24.3 Å². The number of carboxylic acids is 1. The van der Waals surface area contributed by atoms with Crippen molar-refractivity contribution in [2.75, 3.05) is 7.05 Å². The number of urea groups is 1. The molecule has 110 valence electrons. The van der Waals surface area contributed by atoms with Crippen LogP contribution < -0.4 is 5.32 Å². The summed E-state index contributed by atoms with van der Waals surface area (Å²) < 4.78 is 5.20. The molecular formula is C14H20N2O4. The van der Waals surface area contributed by atoms with E-state index in [4.69, 9.17) is 9.52 Å². The van der Waals surface area contributed by atoms with Crippen molar-refractivity contribution in [1.29, 1.82) is 0 Å². The number of hydrogen-bond acceptors (Lipinski definition) is 3. The van der Waals surface area contributed by atoms with E-state index in [-0.39, 0.29) is 18.0 Å². The Labute approximate surface area is 117 Å². The summed E-state index contributed by atoms with van der Waals surface area (Å²) >= 11 is 0. The zero-order valence-electron chi connectivity index (χ0n) is 11.5. The molecule has 0 saturated heterocycles. The Morgan fingerprint density at radius 2 is 2.10 bits per heavy atom. The monoisotopic (exact) mass is 280 g/mol. The lowest BCUT2D eigenvalue weighted by molar-refractivity contribution is -0.142. The Morgan fingerprint density at radius 1 is 1.40 bits per heavy atom. The minimum atomic E-state index is -0.732. The molecule has 2 N–H and O–H groups in total. The first-order valence-electron chi connectivity index (χ1n) is 6.83. The fourth-order valence-corrected chi connectivity index (χ4v) is 2.48. The van der Waals surface area contributed by atoms with Gasteiger partial charge in [-0.25, -0.2) is 4.79 Å². The van der Waals surface area contributed by atoms with Crippen LogP contribution in [0.3, 0.4) is 0 Å². The van der Waals surface area contributed by atoms with Crippen LogP contribution in [0.15, 0.2) is 22.8 Å². The minimum absolute atomic E-state index is 0.0668. The second kappa shape index (κ2) is 6.45. The topological polar surface area (TPSA) is 82.8 Å². The van der Waals surface area contributed by atoms with Gasteiger partial charge in [-0.3, -0.25) is 4.79 Å². The second-order valence-electron chi connectivity index (χ2n) is 5.27. The smallest absolute Gasteiger partial charge is 0.317 e. The van der Waals surface area contributed by atoms with Gasteiger partial charge in [-0.1, -0.05) is 0 Å². The Kier molecular flexibility index (Phi) is 4.65. The molecule has 1 aromatic rings. The van der Waals surface area contributed by atoms with Gasteiger partial charge in [0.05, 0.1) is 18.7 Å². The number of aliphatic carboxylic acids is 1. The van der Waals surface area contributed by atoms with Crippen molar-refractivity contribution in [2.24, 2.45) is 5.92 Å². The van der Waals surface area contributed by atoms with Gasteiger partial charge in [-0.2, -0.15) is 0 Å². The average molecular weight is 280 g/mol. The fraction of sp³-hybridized carbons (Fsp3) is 0.571. The van der Waals surface area contributed by atoms with Crippen LogP contribution in [0.2, 0.25) is 0 Å². The SMILES string of the molecule is CN(Cc1ccco1)C(=O)NC1CCC(C(=O)O)CC1. The standard InChI is InChI=1S/C14H20N2O4/c1-16(9-12-3-2-8-20-12)14(19)15-11-6-4-10(5-7-11)13(17)18/h2-3,8,10-11H,4-7,9H2,1H3,(H,15,19)(H,17,18). The van der Waals surface area contributed by atoms with Gasteiger partial charge in [0.1, 0.15) is 5.76 Å². The zero-order chi connectivity index (χ0) is 14.5. The zero-order valence-corrected chi connectivity index (χ0v) is 11.5. The molecule has 2 rings (SSSR count). The van der Waals surface area contributed by atoms with Gasteiger partial charge < -0.3 is 19.7 Å². The third-order valence-corrected chi connectivity index (χ3v) is 3.72. The van der Waals surface area contributed by atoms with Crippen LogP contribution in [0.4, 0.5) is 4.79 Å². The lowest BCUT2D eigenvalue weighted by atomic mass is 9.86. The number of nitrogens with one attached hydrogen (secondary N) is 1. The van der Waals surface area contributed by atoms with Gasteiger partial charge in [0, 0.05) is 13.1 Å². The summed E-state index contributed by atoms with van der Waals surface area (Å²) in [6.45, 7) is 0.420. The van der Waals surface area contributed by atoms with Gasteiger partial charge >= 0.3 is 12.0 Å². The molecule has 0 spiro atoms. The van der Waals surface area contributed by atoms with Gasteiger partial charge in [-0.15, -0.1) is 0 Å². The van der Waals surface area contributed by atoms with E-state index < -0.39 is 5.97 Å². The molecule has 0 aliphatic heterocycles. The highest BCUT2D eigenvalue weighted by Crippen LogP contribution is 2.24. The van der Waals surface area contributed by atoms with Crippen molar-refractivity contribution in [3.63, 3.8) is 0 Å². The Morgan fingerprint density at radius 3 is 2.65 bits per heavy atom. The van der Waals surface area contributed by atoms with Gasteiger partial charge in [0.2, 0.25) is 0 Å². The maximum absolute atomic E-state index is 12.0. The van der Waals surface area contributed by atoms with Crippen molar-refractivity contribution in [3.05, 3.63) is 24.2 Å². The summed E-state index contributed by atoms with van der Waals surface area (Å²) in [6, 6.07) is 3.52. The number of carboxylic acid groups (broad SMARTS) is 1. The van der Waals surface area contributed by atoms with E-state index in [1.807, 2.05) is 6.07 Å². The first-order valence-corrected chi connectivity index (χ1v) is 6.83. The fourth-order valence-electron chi connectivity index (χ4n) is 2.48. The van der Waals surface area contributed by atoms with Crippen molar-refractivity contribution in [1.82, 2.24) is 10.2 Å². The molecule has 6 nitrogen and oxygen atoms in total. The summed E-state index contributed by atoms with van der Waals surface area (Å²) in [7, 11) is 1.71. The van der Waals surface area contributed by atoms with Crippen molar-refractivity contribution in [3.8, 4) is 0 Å². The molecule has 1 aromatic heterocycles. The van der Waals surface area contributed by atoms with E-state index in [0.29, 0.717) is 19.4 Å². The van der Waals surface area contributed by atoms with E-state index >= 15 is 0 Å². The molecule has 1 heterocycles.